The lowest BCUT2D eigenvalue weighted by Crippen LogP contribution is -2.22. The third kappa shape index (κ3) is 0.841. The Morgan fingerprint density at radius 1 is 1.50 bits per heavy atom. The van der Waals surface area contributed by atoms with E-state index in [1.165, 1.54) is 0 Å². The lowest BCUT2D eigenvalue weighted by atomic mass is 10.2. The average molecular weight is 165 g/mol. The molecular weight excluding hydrogens is 154 g/mol. The van der Waals surface area contributed by atoms with Crippen LogP contribution in [0.4, 0.5) is 5.82 Å². The van der Waals surface area contributed by atoms with Gasteiger partial charge in [-0.1, -0.05) is 0 Å². The van der Waals surface area contributed by atoms with E-state index >= 15 is 0 Å². The molecule has 2 heterocycles. The maximum absolute atomic E-state index is 11.3. The summed E-state index contributed by atoms with van der Waals surface area (Å²) in [5.74, 6) is 0.938. The zero-order chi connectivity index (χ0) is 8.72. The van der Waals surface area contributed by atoms with Gasteiger partial charge in [0.1, 0.15) is 5.82 Å². The monoisotopic (exact) mass is 165 g/mol. The van der Waals surface area contributed by atoms with Gasteiger partial charge < -0.3 is 5.32 Å². The molecule has 2 rings (SSSR count). The summed E-state index contributed by atoms with van der Waals surface area (Å²) in [6.45, 7) is 5.41. The lowest BCUT2D eigenvalue weighted by Gasteiger charge is -2.06. The second-order valence-electron chi connectivity index (χ2n) is 3.03. The van der Waals surface area contributed by atoms with E-state index in [4.69, 9.17) is 0 Å². The molecule has 12 heavy (non-hydrogen) atoms. The Bertz CT molecular complexity index is 381. The summed E-state index contributed by atoms with van der Waals surface area (Å²) in [5, 5.41) is 3.17. The molecule has 1 N–H and O–H groups in total. The van der Waals surface area contributed by atoms with Crippen molar-refractivity contribution >= 4 is 5.82 Å². The Morgan fingerprint density at radius 2 is 2.25 bits per heavy atom. The Kier molecular flexibility index (Phi) is 1.43. The number of fused-ring (bicyclic) bond motifs is 1. The number of hydrogen-bond donors (Lipinski definition) is 1. The number of hydrogen-bond acceptors (Lipinski definition) is 3. The number of nitrogens with zero attached hydrogens (tertiary/aromatic N) is 2. The van der Waals surface area contributed by atoms with Crippen LogP contribution in [0.1, 0.15) is 11.3 Å². The van der Waals surface area contributed by atoms with Crippen LogP contribution in [-0.2, 0) is 6.54 Å². The summed E-state index contributed by atoms with van der Waals surface area (Å²) < 4.78 is 1.68. The topological polar surface area (TPSA) is 46.9 Å². The van der Waals surface area contributed by atoms with Crippen molar-refractivity contribution in [2.75, 3.05) is 11.9 Å². The molecular formula is C8H11N3O. The van der Waals surface area contributed by atoms with Crippen molar-refractivity contribution in [3.63, 3.8) is 0 Å². The van der Waals surface area contributed by atoms with Crippen LogP contribution < -0.4 is 11.0 Å². The highest BCUT2D eigenvalue weighted by Crippen LogP contribution is 2.17. The van der Waals surface area contributed by atoms with Crippen LogP contribution in [0.3, 0.4) is 0 Å². The van der Waals surface area contributed by atoms with Crippen molar-refractivity contribution in [3.05, 3.63) is 21.7 Å². The minimum atomic E-state index is -0.141. The van der Waals surface area contributed by atoms with Gasteiger partial charge >= 0.3 is 5.69 Å². The summed E-state index contributed by atoms with van der Waals surface area (Å²) in [6, 6.07) is 0. The van der Waals surface area contributed by atoms with Gasteiger partial charge in [0, 0.05) is 24.3 Å². The Hall–Kier alpha value is -1.32. The van der Waals surface area contributed by atoms with Crippen LogP contribution >= 0.6 is 0 Å². The minimum Gasteiger partial charge on any atom is -0.369 e. The third-order valence-electron chi connectivity index (χ3n) is 2.29. The van der Waals surface area contributed by atoms with E-state index in [0.717, 1.165) is 30.2 Å². The van der Waals surface area contributed by atoms with Crippen LogP contribution in [-0.4, -0.2) is 16.1 Å². The first kappa shape index (κ1) is 7.34. The second kappa shape index (κ2) is 2.33. The number of aromatic nitrogens is 2. The van der Waals surface area contributed by atoms with E-state index < -0.39 is 0 Å². The fourth-order valence-electron chi connectivity index (χ4n) is 1.48. The molecule has 0 unspecified atom stereocenters. The highest BCUT2D eigenvalue weighted by atomic mass is 16.1. The largest absolute Gasteiger partial charge is 0.369 e. The molecule has 0 spiro atoms. The lowest BCUT2D eigenvalue weighted by molar-refractivity contribution is 0.733. The van der Waals surface area contributed by atoms with Crippen LogP contribution in [0.5, 0.6) is 0 Å². The summed E-state index contributed by atoms with van der Waals surface area (Å²) >= 11 is 0. The minimum absolute atomic E-state index is 0.141. The second-order valence-corrected chi connectivity index (χ2v) is 3.03. The van der Waals surface area contributed by atoms with Gasteiger partial charge in [0.2, 0.25) is 0 Å². The zero-order valence-electron chi connectivity index (χ0n) is 7.22. The molecule has 0 saturated carbocycles. The highest BCUT2D eigenvalue weighted by Gasteiger charge is 2.15. The van der Waals surface area contributed by atoms with Crippen LogP contribution in [0.15, 0.2) is 4.79 Å². The smallest absolute Gasteiger partial charge is 0.349 e. The fourth-order valence-corrected chi connectivity index (χ4v) is 1.48. The van der Waals surface area contributed by atoms with Crippen molar-refractivity contribution in [1.82, 2.24) is 9.55 Å². The quantitative estimate of drug-likeness (QED) is 0.601. The predicted octanol–water partition coefficient (Wildman–Crippen LogP) is 0.286. The van der Waals surface area contributed by atoms with Crippen molar-refractivity contribution in [2.45, 2.75) is 20.4 Å². The van der Waals surface area contributed by atoms with E-state index in [1.807, 2.05) is 13.8 Å². The van der Waals surface area contributed by atoms with Crippen LogP contribution in [0.2, 0.25) is 0 Å². The average Bonchev–Trinajstić information content (AvgIpc) is 2.48. The SMILES string of the molecule is Cc1nc(=O)n2c(c1C)NCC2. The van der Waals surface area contributed by atoms with Gasteiger partial charge in [-0.05, 0) is 13.8 Å². The Labute approximate surface area is 70.2 Å². The molecule has 0 fully saturated rings. The predicted molar refractivity (Wildman–Crippen MR) is 46.5 cm³/mol. The van der Waals surface area contributed by atoms with E-state index in [9.17, 15) is 4.79 Å². The molecule has 1 aliphatic rings. The van der Waals surface area contributed by atoms with Crippen LogP contribution in [0, 0.1) is 13.8 Å². The molecule has 0 atom stereocenters. The van der Waals surface area contributed by atoms with Gasteiger partial charge in [-0.25, -0.2) is 4.79 Å². The summed E-state index contributed by atoms with van der Waals surface area (Å²) in [5.41, 5.74) is 1.76. The van der Waals surface area contributed by atoms with E-state index in [2.05, 4.69) is 10.3 Å². The number of nitrogens with one attached hydrogen (secondary N) is 1. The first-order chi connectivity index (χ1) is 5.70. The fraction of sp³-hybridized carbons (Fsp3) is 0.500. The van der Waals surface area contributed by atoms with E-state index in [0.29, 0.717) is 0 Å². The molecule has 0 saturated heterocycles. The van der Waals surface area contributed by atoms with Crippen molar-refractivity contribution < 1.29 is 0 Å². The number of anilines is 1. The summed E-state index contributed by atoms with van der Waals surface area (Å²) in [4.78, 5) is 15.2. The zero-order valence-corrected chi connectivity index (χ0v) is 7.22. The number of aryl methyl sites for hydroxylation is 1. The van der Waals surface area contributed by atoms with Crippen LogP contribution in [0.25, 0.3) is 0 Å². The van der Waals surface area contributed by atoms with Crippen molar-refractivity contribution in [3.8, 4) is 0 Å². The van der Waals surface area contributed by atoms with Crippen molar-refractivity contribution in [2.24, 2.45) is 0 Å². The molecule has 0 radical (unpaired) electrons. The standard InChI is InChI=1S/C8H11N3O/c1-5-6(2)10-8(12)11-4-3-9-7(5)11/h9H,3-4H2,1-2H3. The van der Waals surface area contributed by atoms with E-state index in [-0.39, 0.29) is 5.69 Å². The molecule has 4 heteroatoms. The molecule has 1 aromatic heterocycles. The number of rotatable bonds is 0. The first-order valence-electron chi connectivity index (χ1n) is 4.02. The Balaban J connectivity index is 2.78. The molecule has 64 valence electrons. The molecule has 4 nitrogen and oxygen atoms in total. The Morgan fingerprint density at radius 3 is 3.00 bits per heavy atom. The van der Waals surface area contributed by atoms with Gasteiger partial charge in [0.15, 0.2) is 0 Å². The van der Waals surface area contributed by atoms with E-state index in [1.54, 1.807) is 4.57 Å². The van der Waals surface area contributed by atoms with Crippen molar-refractivity contribution in [1.29, 1.82) is 0 Å². The van der Waals surface area contributed by atoms with Gasteiger partial charge in [-0.2, -0.15) is 4.98 Å². The van der Waals surface area contributed by atoms with Gasteiger partial charge in [0.05, 0.1) is 0 Å². The molecule has 1 aliphatic heterocycles. The third-order valence-corrected chi connectivity index (χ3v) is 2.29. The van der Waals surface area contributed by atoms with Gasteiger partial charge in [-0.3, -0.25) is 4.57 Å². The molecule has 0 aromatic carbocycles. The summed E-state index contributed by atoms with van der Waals surface area (Å²) in [7, 11) is 0. The maximum atomic E-state index is 11.3. The molecule has 0 amide bonds. The maximum Gasteiger partial charge on any atom is 0.349 e. The molecule has 1 aromatic rings. The van der Waals surface area contributed by atoms with Gasteiger partial charge in [0.25, 0.3) is 0 Å². The molecule has 0 aliphatic carbocycles. The normalized spacial score (nSPS) is 14.2. The highest BCUT2D eigenvalue weighted by molar-refractivity contribution is 5.47. The first-order valence-corrected chi connectivity index (χ1v) is 4.02. The molecule has 0 bridgehead atoms. The van der Waals surface area contributed by atoms with Gasteiger partial charge in [-0.15, -0.1) is 0 Å². The summed E-state index contributed by atoms with van der Waals surface area (Å²) in [6.07, 6.45) is 0.